The molecule has 0 aromatic carbocycles. The Morgan fingerprint density at radius 2 is 2.03 bits per heavy atom. The molecule has 2 aliphatic heterocycles. The molecule has 2 fully saturated rings. The molecular weight excluding hydrogens is 374 g/mol. The van der Waals surface area contributed by atoms with Crippen LogP contribution in [0.4, 0.5) is 0 Å². The standard InChI is InChI=1S/C20H25N5O4/c26-18(24-9-7-23(8-10-24)13-15-4-1-2-6-21-15)17-12-22-20(28)25(19(17)27)14-16-5-3-11-29-16/h1-2,4,6,12,16H,3,5,7-11,13-14H2,(H,22,28). The third-order valence-corrected chi connectivity index (χ3v) is 5.47. The van der Waals surface area contributed by atoms with E-state index < -0.39 is 11.2 Å². The van der Waals surface area contributed by atoms with E-state index >= 15 is 0 Å². The maximum absolute atomic E-state index is 12.9. The minimum Gasteiger partial charge on any atom is -0.376 e. The Balaban J connectivity index is 1.42. The van der Waals surface area contributed by atoms with Crippen LogP contribution >= 0.6 is 0 Å². The number of nitrogens with zero attached hydrogens (tertiary/aromatic N) is 4. The smallest absolute Gasteiger partial charge is 0.328 e. The molecule has 0 radical (unpaired) electrons. The van der Waals surface area contributed by atoms with Crippen LogP contribution in [0.25, 0.3) is 0 Å². The fourth-order valence-electron chi connectivity index (χ4n) is 3.82. The van der Waals surface area contributed by atoms with Crippen LogP contribution < -0.4 is 11.2 Å². The van der Waals surface area contributed by atoms with Gasteiger partial charge < -0.3 is 14.6 Å². The Bertz CT molecular complexity index is 957. The summed E-state index contributed by atoms with van der Waals surface area (Å²) in [5, 5.41) is 0. The lowest BCUT2D eigenvalue weighted by Crippen LogP contribution is -2.50. The van der Waals surface area contributed by atoms with Gasteiger partial charge in [-0.1, -0.05) is 6.07 Å². The first-order valence-electron chi connectivity index (χ1n) is 9.97. The number of carbonyl (C=O) groups is 1. The zero-order valence-electron chi connectivity index (χ0n) is 16.2. The second-order valence-corrected chi connectivity index (χ2v) is 7.45. The number of hydrogen-bond donors (Lipinski definition) is 1. The maximum atomic E-state index is 12.9. The van der Waals surface area contributed by atoms with Gasteiger partial charge >= 0.3 is 5.69 Å². The van der Waals surface area contributed by atoms with Crippen molar-refractivity contribution in [1.82, 2.24) is 24.3 Å². The monoisotopic (exact) mass is 399 g/mol. The number of aromatic amines is 1. The zero-order chi connectivity index (χ0) is 20.2. The van der Waals surface area contributed by atoms with E-state index in [2.05, 4.69) is 14.9 Å². The summed E-state index contributed by atoms with van der Waals surface area (Å²) >= 11 is 0. The molecule has 0 saturated carbocycles. The average Bonchev–Trinajstić information content (AvgIpc) is 3.25. The number of pyridine rings is 1. The minimum atomic E-state index is -0.551. The van der Waals surface area contributed by atoms with E-state index in [1.807, 2.05) is 18.2 Å². The summed E-state index contributed by atoms with van der Waals surface area (Å²) in [6.07, 6.45) is 4.57. The lowest BCUT2D eigenvalue weighted by Gasteiger charge is -2.34. The van der Waals surface area contributed by atoms with E-state index in [1.54, 1.807) is 11.1 Å². The second kappa shape index (κ2) is 8.71. The highest BCUT2D eigenvalue weighted by Gasteiger charge is 2.26. The molecule has 2 aromatic heterocycles. The SMILES string of the molecule is O=C(c1c[nH]c(=O)n(CC2CCCO2)c1=O)N1CCN(Cc2ccccn2)CC1. The first-order valence-corrected chi connectivity index (χ1v) is 9.97. The number of ether oxygens (including phenoxy) is 1. The summed E-state index contributed by atoms with van der Waals surface area (Å²) < 4.78 is 6.61. The topological polar surface area (TPSA) is 101 Å². The number of aromatic nitrogens is 3. The van der Waals surface area contributed by atoms with Crippen molar-refractivity contribution in [1.29, 1.82) is 0 Å². The van der Waals surface area contributed by atoms with Crippen molar-refractivity contribution < 1.29 is 9.53 Å². The van der Waals surface area contributed by atoms with Crippen molar-refractivity contribution >= 4 is 5.91 Å². The lowest BCUT2D eigenvalue weighted by molar-refractivity contribution is 0.0621. The van der Waals surface area contributed by atoms with Gasteiger partial charge in [-0.25, -0.2) is 4.79 Å². The predicted octanol–water partition coefficient (Wildman–Crippen LogP) is 0.0686. The summed E-state index contributed by atoms with van der Waals surface area (Å²) in [4.78, 5) is 48.6. The number of piperazine rings is 1. The highest BCUT2D eigenvalue weighted by molar-refractivity contribution is 5.93. The Kier molecular flexibility index (Phi) is 5.86. The average molecular weight is 399 g/mol. The van der Waals surface area contributed by atoms with Gasteiger partial charge in [0, 0.05) is 51.7 Å². The van der Waals surface area contributed by atoms with E-state index in [9.17, 15) is 14.4 Å². The molecule has 4 heterocycles. The summed E-state index contributed by atoms with van der Waals surface area (Å²) in [5.74, 6) is -0.343. The lowest BCUT2D eigenvalue weighted by atomic mass is 10.2. The zero-order valence-corrected chi connectivity index (χ0v) is 16.2. The molecule has 2 aliphatic rings. The van der Waals surface area contributed by atoms with Crippen LogP contribution in [-0.2, 0) is 17.8 Å². The fraction of sp³-hybridized carbons (Fsp3) is 0.500. The Morgan fingerprint density at radius 1 is 1.21 bits per heavy atom. The molecule has 2 aromatic rings. The van der Waals surface area contributed by atoms with Crippen molar-refractivity contribution in [3.63, 3.8) is 0 Å². The highest BCUT2D eigenvalue weighted by atomic mass is 16.5. The van der Waals surface area contributed by atoms with Gasteiger partial charge in [0.2, 0.25) is 0 Å². The number of carbonyl (C=O) groups excluding carboxylic acids is 1. The number of H-pyrrole nitrogens is 1. The Morgan fingerprint density at radius 3 is 2.72 bits per heavy atom. The van der Waals surface area contributed by atoms with Gasteiger partial charge in [-0.3, -0.25) is 24.0 Å². The number of hydrogen-bond acceptors (Lipinski definition) is 6. The van der Waals surface area contributed by atoms with Crippen LogP contribution in [0.2, 0.25) is 0 Å². The van der Waals surface area contributed by atoms with Crippen LogP contribution in [0, 0.1) is 0 Å². The van der Waals surface area contributed by atoms with Crippen LogP contribution in [-0.4, -0.2) is 69.1 Å². The van der Waals surface area contributed by atoms with Gasteiger partial charge in [0.25, 0.3) is 11.5 Å². The van der Waals surface area contributed by atoms with Crippen molar-refractivity contribution in [2.45, 2.75) is 32.0 Å². The van der Waals surface area contributed by atoms with E-state index in [0.717, 1.165) is 29.6 Å². The Hall–Kier alpha value is -2.78. The summed E-state index contributed by atoms with van der Waals surface area (Å²) in [7, 11) is 0. The van der Waals surface area contributed by atoms with Crippen molar-refractivity contribution in [3.05, 3.63) is 62.7 Å². The molecule has 1 N–H and O–H groups in total. The third-order valence-electron chi connectivity index (χ3n) is 5.47. The molecule has 154 valence electrons. The third kappa shape index (κ3) is 4.46. The number of rotatable bonds is 5. The van der Waals surface area contributed by atoms with Crippen molar-refractivity contribution in [2.24, 2.45) is 0 Å². The molecule has 1 unspecified atom stereocenters. The quantitative estimate of drug-likeness (QED) is 0.764. The van der Waals surface area contributed by atoms with Gasteiger partial charge in [0.1, 0.15) is 5.56 Å². The van der Waals surface area contributed by atoms with Crippen LogP contribution in [0.5, 0.6) is 0 Å². The minimum absolute atomic E-state index is 0.000716. The van der Waals surface area contributed by atoms with Gasteiger partial charge in [0.05, 0.1) is 18.3 Å². The van der Waals surface area contributed by atoms with E-state index in [4.69, 9.17) is 4.74 Å². The van der Waals surface area contributed by atoms with E-state index in [0.29, 0.717) is 32.8 Å². The largest absolute Gasteiger partial charge is 0.376 e. The molecule has 2 saturated heterocycles. The van der Waals surface area contributed by atoms with Gasteiger partial charge in [-0.15, -0.1) is 0 Å². The van der Waals surface area contributed by atoms with E-state index in [1.165, 1.54) is 6.20 Å². The molecule has 29 heavy (non-hydrogen) atoms. The Labute approximate surface area is 167 Å². The number of nitrogens with one attached hydrogen (secondary N) is 1. The number of amides is 1. The molecule has 4 rings (SSSR count). The van der Waals surface area contributed by atoms with Crippen LogP contribution in [0.15, 0.2) is 40.2 Å². The fourth-order valence-corrected chi connectivity index (χ4v) is 3.82. The molecular formula is C20H25N5O4. The van der Waals surface area contributed by atoms with Crippen molar-refractivity contribution in [2.75, 3.05) is 32.8 Å². The molecule has 0 bridgehead atoms. The second-order valence-electron chi connectivity index (χ2n) is 7.45. The van der Waals surface area contributed by atoms with Gasteiger partial charge in [0.15, 0.2) is 0 Å². The molecule has 1 atom stereocenters. The first-order chi connectivity index (χ1) is 14.1. The molecule has 9 nitrogen and oxygen atoms in total. The normalized spacial score (nSPS) is 20.1. The summed E-state index contributed by atoms with van der Waals surface area (Å²) in [5.41, 5.74) is -0.0712. The highest BCUT2D eigenvalue weighted by Crippen LogP contribution is 2.13. The summed E-state index contributed by atoms with van der Waals surface area (Å²) in [6.45, 7) is 4.00. The van der Waals surface area contributed by atoms with E-state index in [-0.39, 0.29) is 24.1 Å². The molecule has 0 aliphatic carbocycles. The van der Waals surface area contributed by atoms with Crippen molar-refractivity contribution in [3.8, 4) is 0 Å². The first kappa shape index (κ1) is 19.5. The summed E-state index contributed by atoms with van der Waals surface area (Å²) in [6, 6.07) is 5.82. The van der Waals surface area contributed by atoms with Gasteiger partial charge in [-0.2, -0.15) is 0 Å². The molecule has 9 heteroatoms. The maximum Gasteiger partial charge on any atom is 0.328 e. The molecule has 1 amide bonds. The van der Waals surface area contributed by atoms with Gasteiger partial charge in [-0.05, 0) is 25.0 Å². The predicted molar refractivity (Wildman–Crippen MR) is 106 cm³/mol. The van der Waals surface area contributed by atoms with Crippen LogP contribution in [0.3, 0.4) is 0 Å². The van der Waals surface area contributed by atoms with Crippen LogP contribution in [0.1, 0.15) is 28.9 Å². The molecule has 0 spiro atoms.